The molecule has 9 heteroatoms. The lowest BCUT2D eigenvalue weighted by molar-refractivity contribution is -0.114. The zero-order valence-electron chi connectivity index (χ0n) is 18.9. The van der Waals surface area contributed by atoms with E-state index in [9.17, 15) is 9.59 Å². The van der Waals surface area contributed by atoms with Gasteiger partial charge in [-0.15, -0.1) is 0 Å². The van der Waals surface area contributed by atoms with E-state index in [2.05, 4.69) is 5.32 Å². The predicted octanol–water partition coefficient (Wildman–Crippen LogP) is 6.29. The molecule has 0 bridgehead atoms. The van der Waals surface area contributed by atoms with Crippen LogP contribution in [0.5, 0.6) is 11.5 Å². The van der Waals surface area contributed by atoms with Gasteiger partial charge in [-0.3, -0.25) is 14.5 Å². The fourth-order valence-electron chi connectivity index (χ4n) is 3.37. The first-order chi connectivity index (χ1) is 16.8. The van der Waals surface area contributed by atoms with Gasteiger partial charge in [0, 0.05) is 17.6 Å². The molecule has 0 saturated carbocycles. The van der Waals surface area contributed by atoms with Crippen molar-refractivity contribution in [3.05, 3.63) is 87.8 Å². The van der Waals surface area contributed by atoms with Crippen LogP contribution in [0.15, 0.2) is 71.6 Å². The standard InChI is InChI=1S/C26H21ClN2O4S2/c1-16(30)28-20-8-10-21(11-9-20)29-25(31)24(35-26(29)34)14-18-5-12-22(23(13-18)32-2)33-15-17-3-6-19(27)7-4-17/h3-14H,15H2,1-2H3,(H,28,30)/b24-14-. The van der Waals surface area contributed by atoms with E-state index in [1.165, 1.54) is 23.6 Å². The number of nitrogens with zero attached hydrogens (tertiary/aromatic N) is 1. The Morgan fingerprint density at radius 3 is 2.46 bits per heavy atom. The summed E-state index contributed by atoms with van der Waals surface area (Å²) < 4.78 is 11.8. The SMILES string of the molecule is COc1cc(/C=C2\SC(=S)N(c3ccc(NC(C)=O)cc3)C2=O)ccc1OCc1ccc(Cl)cc1. The summed E-state index contributed by atoms with van der Waals surface area (Å²) in [4.78, 5) is 26.3. The van der Waals surface area contributed by atoms with Gasteiger partial charge in [0.1, 0.15) is 6.61 Å². The maximum Gasteiger partial charge on any atom is 0.270 e. The van der Waals surface area contributed by atoms with Crippen LogP contribution < -0.4 is 19.7 Å². The second kappa shape index (κ2) is 10.9. The molecule has 0 aromatic heterocycles. The van der Waals surface area contributed by atoms with Crippen LogP contribution >= 0.6 is 35.6 Å². The van der Waals surface area contributed by atoms with Gasteiger partial charge in [0.25, 0.3) is 5.91 Å². The minimum Gasteiger partial charge on any atom is -0.493 e. The van der Waals surface area contributed by atoms with Crippen LogP contribution in [0.25, 0.3) is 6.08 Å². The molecule has 3 aromatic rings. The summed E-state index contributed by atoms with van der Waals surface area (Å²) >= 11 is 12.6. The quantitative estimate of drug-likeness (QED) is 0.289. The highest BCUT2D eigenvalue weighted by Crippen LogP contribution is 2.37. The summed E-state index contributed by atoms with van der Waals surface area (Å²) in [5.74, 6) is 0.764. The molecule has 1 fully saturated rings. The summed E-state index contributed by atoms with van der Waals surface area (Å²) in [6.45, 7) is 1.81. The number of amides is 2. The van der Waals surface area contributed by atoms with Crippen LogP contribution in [0.4, 0.5) is 11.4 Å². The summed E-state index contributed by atoms with van der Waals surface area (Å²) in [7, 11) is 1.57. The van der Waals surface area contributed by atoms with Crippen molar-refractivity contribution in [1.82, 2.24) is 0 Å². The molecule has 1 saturated heterocycles. The zero-order chi connectivity index (χ0) is 24.9. The lowest BCUT2D eigenvalue weighted by Crippen LogP contribution is -2.27. The first-order valence-corrected chi connectivity index (χ1v) is 12.1. The number of benzene rings is 3. The van der Waals surface area contributed by atoms with Crippen molar-refractivity contribution >= 4 is 69.2 Å². The molecule has 1 N–H and O–H groups in total. The molecule has 35 heavy (non-hydrogen) atoms. The molecule has 0 radical (unpaired) electrons. The molecule has 6 nitrogen and oxygen atoms in total. The Balaban J connectivity index is 1.49. The van der Waals surface area contributed by atoms with E-state index in [1.54, 1.807) is 37.5 Å². The first kappa shape index (κ1) is 24.8. The van der Waals surface area contributed by atoms with E-state index < -0.39 is 0 Å². The number of ether oxygens (including phenoxy) is 2. The average molecular weight is 525 g/mol. The molecular weight excluding hydrogens is 504 g/mol. The number of rotatable bonds is 7. The third kappa shape index (κ3) is 6.03. The fourth-order valence-corrected chi connectivity index (χ4v) is 4.80. The van der Waals surface area contributed by atoms with Gasteiger partial charge in [0.05, 0.1) is 17.7 Å². The fraction of sp³-hybridized carbons (Fsp3) is 0.115. The van der Waals surface area contributed by atoms with Crippen molar-refractivity contribution in [1.29, 1.82) is 0 Å². The molecule has 0 aliphatic carbocycles. The van der Waals surface area contributed by atoms with E-state index in [4.69, 9.17) is 33.3 Å². The minimum atomic E-state index is -0.214. The number of hydrogen-bond acceptors (Lipinski definition) is 6. The van der Waals surface area contributed by atoms with Gasteiger partial charge in [-0.25, -0.2) is 0 Å². The molecule has 2 amide bonds. The highest BCUT2D eigenvalue weighted by Gasteiger charge is 2.33. The van der Waals surface area contributed by atoms with Crippen molar-refractivity contribution in [2.24, 2.45) is 0 Å². The number of carbonyl (C=O) groups excluding carboxylic acids is 2. The second-order valence-corrected chi connectivity index (χ2v) is 9.68. The minimum absolute atomic E-state index is 0.164. The number of anilines is 2. The molecule has 1 aliphatic rings. The maximum atomic E-state index is 13.1. The van der Waals surface area contributed by atoms with E-state index >= 15 is 0 Å². The summed E-state index contributed by atoms with van der Waals surface area (Å²) in [5, 5.41) is 3.37. The number of halogens is 1. The maximum absolute atomic E-state index is 13.1. The Labute approximate surface area is 217 Å². The van der Waals surface area contributed by atoms with Crippen molar-refractivity contribution in [2.75, 3.05) is 17.3 Å². The average Bonchev–Trinajstić information content (AvgIpc) is 3.11. The van der Waals surface area contributed by atoms with Gasteiger partial charge in [-0.05, 0) is 65.7 Å². The highest BCUT2D eigenvalue weighted by atomic mass is 35.5. The van der Waals surface area contributed by atoms with Crippen LogP contribution in [-0.4, -0.2) is 23.2 Å². The van der Waals surface area contributed by atoms with Crippen LogP contribution in [0.2, 0.25) is 5.02 Å². The largest absolute Gasteiger partial charge is 0.493 e. The lowest BCUT2D eigenvalue weighted by atomic mass is 10.1. The Kier molecular flexibility index (Phi) is 7.75. The number of thiocarbonyl (C=S) groups is 1. The van der Waals surface area contributed by atoms with E-state index in [-0.39, 0.29) is 11.8 Å². The van der Waals surface area contributed by atoms with Gasteiger partial charge >= 0.3 is 0 Å². The Hall–Kier alpha value is -3.33. The van der Waals surface area contributed by atoms with Gasteiger partial charge in [0.2, 0.25) is 5.91 Å². The molecule has 0 atom stereocenters. The van der Waals surface area contributed by atoms with E-state index in [0.717, 1.165) is 11.1 Å². The third-order valence-electron chi connectivity index (χ3n) is 5.03. The van der Waals surface area contributed by atoms with Gasteiger partial charge in [-0.2, -0.15) is 0 Å². The number of carbonyl (C=O) groups is 2. The van der Waals surface area contributed by atoms with Crippen molar-refractivity contribution < 1.29 is 19.1 Å². The normalized spacial score (nSPS) is 14.4. The summed E-state index contributed by atoms with van der Waals surface area (Å²) in [6, 6.07) is 19.9. The smallest absolute Gasteiger partial charge is 0.270 e. The molecule has 0 spiro atoms. The molecular formula is C26H21ClN2O4S2. The summed E-state index contributed by atoms with van der Waals surface area (Å²) in [5.41, 5.74) is 3.04. The molecule has 0 unspecified atom stereocenters. The van der Waals surface area contributed by atoms with Gasteiger partial charge in [-0.1, -0.05) is 53.8 Å². The summed E-state index contributed by atoms with van der Waals surface area (Å²) in [6.07, 6.45) is 1.77. The number of methoxy groups -OCH3 is 1. The monoisotopic (exact) mass is 524 g/mol. The Morgan fingerprint density at radius 1 is 1.09 bits per heavy atom. The van der Waals surface area contributed by atoms with E-state index in [1.807, 2.05) is 42.5 Å². The van der Waals surface area contributed by atoms with Crippen molar-refractivity contribution in [3.8, 4) is 11.5 Å². The van der Waals surface area contributed by atoms with Crippen molar-refractivity contribution in [2.45, 2.75) is 13.5 Å². The van der Waals surface area contributed by atoms with Crippen LogP contribution in [-0.2, 0) is 16.2 Å². The third-order valence-corrected chi connectivity index (χ3v) is 6.59. The van der Waals surface area contributed by atoms with Crippen molar-refractivity contribution in [3.63, 3.8) is 0 Å². The Bertz CT molecular complexity index is 1310. The predicted molar refractivity (Wildman–Crippen MR) is 145 cm³/mol. The molecule has 1 aliphatic heterocycles. The number of hydrogen-bond donors (Lipinski definition) is 1. The lowest BCUT2D eigenvalue weighted by Gasteiger charge is -2.15. The topological polar surface area (TPSA) is 67.9 Å². The molecule has 4 rings (SSSR count). The molecule has 3 aromatic carbocycles. The number of nitrogens with one attached hydrogen (secondary N) is 1. The van der Waals surface area contributed by atoms with Gasteiger partial charge in [0.15, 0.2) is 15.8 Å². The Morgan fingerprint density at radius 2 is 1.80 bits per heavy atom. The van der Waals surface area contributed by atoms with Gasteiger partial charge < -0.3 is 14.8 Å². The van der Waals surface area contributed by atoms with E-state index in [0.29, 0.717) is 43.7 Å². The number of thioether (sulfide) groups is 1. The zero-order valence-corrected chi connectivity index (χ0v) is 21.3. The van der Waals surface area contributed by atoms with Crippen LogP contribution in [0, 0.1) is 0 Å². The molecule has 1 heterocycles. The molecule has 178 valence electrons. The van der Waals surface area contributed by atoms with Crippen LogP contribution in [0.1, 0.15) is 18.1 Å². The van der Waals surface area contributed by atoms with Crippen LogP contribution in [0.3, 0.4) is 0 Å². The second-order valence-electron chi connectivity index (χ2n) is 7.57. The highest BCUT2D eigenvalue weighted by molar-refractivity contribution is 8.27. The first-order valence-electron chi connectivity index (χ1n) is 10.5.